The summed E-state index contributed by atoms with van der Waals surface area (Å²) in [4.78, 5) is 11.4. The molecule has 3 heteroatoms. The van der Waals surface area contributed by atoms with Crippen molar-refractivity contribution in [3.8, 4) is 11.1 Å². The second kappa shape index (κ2) is 9.35. The standard InChI is InChI=1S/C23H27NO2/c25-23(26)22-17-24-16-15-20(22)12-6-2-5-11-19-13-7-8-14-21(19)18-9-3-1-4-10-18/h1,3-5,7-11,13-14,20,22,24H,2,6,12,15-17H2,(H,25,26)/b11-5+/t20-,22+/m1/s1. The predicted octanol–water partition coefficient (Wildman–Crippen LogP) is 4.85. The molecule has 0 saturated carbocycles. The van der Waals surface area contributed by atoms with Crippen LogP contribution in [-0.2, 0) is 4.79 Å². The van der Waals surface area contributed by atoms with E-state index in [1.54, 1.807) is 0 Å². The van der Waals surface area contributed by atoms with Crippen LogP contribution in [0.2, 0.25) is 0 Å². The van der Waals surface area contributed by atoms with Gasteiger partial charge in [-0.3, -0.25) is 4.79 Å². The van der Waals surface area contributed by atoms with Gasteiger partial charge >= 0.3 is 5.97 Å². The number of benzene rings is 2. The molecule has 1 aliphatic rings. The van der Waals surface area contributed by atoms with Crippen molar-refractivity contribution in [1.29, 1.82) is 0 Å². The molecular weight excluding hydrogens is 322 g/mol. The number of aliphatic carboxylic acids is 1. The molecule has 1 heterocycles. The van der Waals surface area contributed by atoms with Crippen molar-refractivity contribution in [3.05, 3.63) is 66.2 Å². The maximum Gasteiger partial charge on any atom is 0.308 e. The van der Waals surface area contributed by atoms with Gasteiger partial charge in [0.1, 0.15) is 0 Å². The van der Waals surface area contributed by atoms with Gasteiger partial charge in [0.05, 0.1) is 5.92 Å². The van der Waals surface area contributed by atoms with Crippen molar-refractivity contribution in [3.63, 3.8) is 0 Å². The number of hydrogen-bond donors (Lipinski definition) is 2. The highest BCUT2D eigenvalue weighted by Gasteiger charge is 2.29. The third-order valence-corrected chi connectivity index (χ3v) is 5.23. The maximum atomic E-state index is 11.4. The highest BCUT2D eigenvalue weighted by atomic mass is 16.4. The molecule has 0 amide bonds. The second-order valence-electron chi connectivity index (χ2n) is 6.98. The van der Waals surface area contributed by atoms with Gasteiger partial charge in [0.2, 0.25) is 0 Å². The minimum atomic E-state index is -0.658. The first-order valence-electron chi connectivity index (χ1n) is 9.50. The van der Waals surface area contributed by atoms with Crippen molar-refractivity contribution in [1.82, 2.24) is 5.32 Å². The van der Waals surface area contributed by atoms with Crippen molar-refractivity contribution in [2.45, 2.75) is 25.7 Å². The summed E-state index contributed by atoms with van der Waals surface area (Å²) in [7, 11) is 0. The van der Waals surface area contributed by atoms with Crippen molar-refractivity contribution in [2.75, 3.05) is 13.1 Å². The Balaban J connectivity index is 1.56. The average Bonchev–Trinajstić information content (AvgIpc) is 2.69. The molecule has 0 bridgehead atoms. The summed E-state index contributed by atoms with van der Waals surface area (Å²) in [5.74, 6) is -0.583. The van der Waals surface area contributed by atoms with Gasteiger partial charge in [-0.25, -0.2) is 0 Å². The number of hydrogen-bond acceptors (Lipinski definition) is 2. The lowest BCUT2D eigenvalue weighted by molar-refractivity contribution is -0.144. The zero-order valence-electron chi connectivity index (χ0n) is 15.1. The van der Waals surface area contributed by atoms with E-state index >= 15 is 0 Å². The van der Waals surface area contributed by atoms with E-state index < -0.39 is 5.97 Å². The van der Waals surface area contributed by atoms with Crippen LogP contribution < -0.4 is 5.32 Å². The van der Waals surface area contributed by atoms with Crippen LogP contribution in [0.3, 0.4) is 0 Å². The smallest absolute Gasteiger partial charge is 0.308 e. The Morgan fingerprint density at radius 1 is 1.12 bits per heavy atom. The molecule has 0 unspecified atom stereocenters. The molecule has 3 nitrogen and oxygen atoms in total. The largest absolute Gasteiger partial charge is 0.481 e. The number of unbranched alkanes of at least 4 members (excludes halogenated alkanes) is 1. The zero-order valence-corrected chi connectivity index (χ0v) is 15.1. The van der Waals surface area contributed by atoms with Gasteiger partial charge in [0, 0.05) is 6.54 Å². The van der Waals surface area contributed by atoms with Crippen molar-refractivity contribution in [2.24, 2.45) is 11.8 Å². The van der Waals surface area contributed by atoms with Gasteiger partial charge in [0.15, 0.2) is 0 Å². The zero-order chi connectivity index (χ0) is 18.2. The summed E-state index contributed by atoms with van der Waals surface area (Å²) in [6, 6.07) is 18.9. The van der Waals surface area contributed by atoms with E-state index in [-0.39, 0.29) is 5.92 Å². The van der Waals surface area contributed by atoms with Crippen molar-refractivity contribution < 1.29 is 9.90 Å². The topological polar surface area (TPSA) is 49.3 Å². The lowest BCUT2D eigenvalue weighted by Crippen LogP contribution is -2.40. The first-order chi connectivity index (χ1) is 12.8. The minimum Gasteiger partial charge on any atom is -0.481 e. The number of piperidine rings is 1. The summed E-state index contributed by atoms with van der Waals surface area (Å²) < 4.78 is 0. The van der Waals surface area contributed by atoms with Gasteiger partial charge in [-0.2, -0.15) is 0 Å². The van der Waals surface area contributed by atoms with Crippen LogP contribution in [0.25, 0.3) is 17.2 Å². The normalized spacial score (nSPS) is 20.3. The van der Waals surface area contributed by atoms with E-state index in [9.17, 15) is 9.90 Å². The molecule has 26 heavy (non-hydrogen) atoms. The molecule has 0 radical (unpaired) electrons. The van der Waals surface area contributed by atoms with Gasteiger partial charge < -0.3 is 10.4 Å². The summed E-state index contributed by atoms with van der Waals surface area (Å²) in [6.07, 6.45) is 8.40. The Hall–Kier alpha value is -2.39. The maximum absolute atomic E-state index is 11.4. The van der Waals surface area contributed by atoms with E-state index in [1.807, 2.05) is 6.07 Å². The van der Waals surface area contributed by atoms with Gasteiger partial charge in [0.25, 0.3) is 0 Å². The number of allylic oxidation sites excluding steroid dienone is 1. The van der Waals surface area contributed by atoms with E-state index in [1.165, 1.54) is 16.7 Å². The molecule has 0 aromatic heterocycles. The Labute approximate surface area is 155 Å². The molecule has 1 fully saturated rings. The first kappa shape index (κ1) is 18.4. The number of nitrogens with one attached hydrogen (secondary N) is 1. The summed E-state index contributed by atoms with van der Waals surface area (Å²) >= 11 is 0. The lowest BCUT2D eigenvalue weighted by atomic mass is 9.83. The number of carboxylic acid groups (broad SMARTS) is 1. The Kier molecular flexibility index (Phi) is 6.62. The molecule has 0 aliphatic carbocycles. The molecule has 3 rings (SSSR count). The molecule has 1 saturated heterocycles. The van der Waals surface area contributed by atoms with Gasteiger partial charge in [-0.15, -0.1) is 0 Å². The van der Waals surface area contributed by atoms with Crippen LogP contribution >= 0.6 is 0 Å². The fraction of sp³-hybridized carbons (Fsp3) is 0.348. The Morgan fingerprint density at radius 2 is 1.88 bits per heavy atom. The highest BCUT2D eigenvalue weighted by Crippen LogP contribution is 2.26. The summed E-state index contributed by atoms with van der Waals surface area (Å²) in [5.41, 5.74) is 3.70. The molecule has 0 spiro atoms. The molecular formula is C23H27NO2. The van der Waals surface area contributed by atoms with Crippen LogP contribution in [0.5, 0.6) is 0 Å². The van der Waals surface area contributed by atoms with Crippen LogP contribution in [0.15, 0.2) is 60.7 Å². The lowest BCUT2D eigenvalue weighted by Gasteiger charge is -2.29. The first-order valence-corrected chi connectivity index (χ1v) is 9.50. The number of carboxylic acids is 1. The van der Waals surface area contributed by atoms with Gasteiger partial charge in [-0.05, 0) is 54.8 Å². The van der Waals surface area contributed by atoms with E-state index in [4.69, 9.17) is 0 Å². The molecule has 136 valence electrons. The average molecular weight is 349 g/mol. The fourth-order valence-electron chi connectivity index (χ4n) is 3.78. The predicted molar refractivity (Wildman–Crippen MR) is 107 cm³/mol. The molecule has 2 N–H and O–H groups in total. The quantitative estimate of drug-likeness (QED) is 0.703. The SMILES string of the molecule is O=C(O)[C@H]1CNCC[C@H]1CCC/C=C/c1ccccc1-c1ccccc1. The second-order valence-corrected chi connectivity index (χ2v) is 6.98. The summed E-state index contributed by atoms with van der Waals surface area (Å²) in [5, 5.41) is 12.5. The fourth-order valence-corrected chi connectivity index (χ4v) is 3.78. The van der Waals surface area contributed by atoms with Crippen LogP contribution in [0.1, 0.15) is 31.2 Å². The monoisotopic (exact) mass is 349 g/mol. The molecule has 2 atom stereocenters. The number of rotatable bonds is 7. The summed E-state index contributed by atoms with van der Waals surface area (Å²) in [6.45, 7) is 1.55. The van der Waals surface area contributed by atoms with E-state index in [0.29, 0.717) is 12.5 Å². The number of carbonyl (C=O) groups is 1. The van der Waals surface area contributed by atoms with E-state index in [2.05, 4.69) is 66.0 Å². The molecule has 2 aromatic carbocycles. The molecule has 2 aromatic rings. The minimum absolute atomic E-state index is 0.230. The Morgan fingerprint density at radius 3 is 2.69 bits per heavy atom. The third kappa shape index (κ3) is 4.83. The van der Waals surface area contributed by atoms with Crippen LogP contribution in [0.4, 0.5) is 0 Å². The van der Waals surface area contributed by atoms with Crippen LogP contribution in [-0.4, -0.2) is 24.2 Å². The highest BCUT2D eigenvalue weighted by molar-refractivity contribution is 5.75. The van der Waals surface area contributed by atoms with Crippen LogP contribution in [0, 0.1) is 11.8 Å². The van der Waals surface area contributed by atoms with E-state index in [0.717, 1.165) is 32.2 Å². The third-order valence-electron chi connectivity index (χ3n) is 5.23. The molecule has 1 aliphatic heterocycles. The van der Waals surface area contributed by atoms with Gasteiger partial charge in [-0.1, -0.05) is 66.7 Å². The Bertz CT molecular complexity index is 739. The van der Waals surface area contributed by atoms with Crippen molar-refractivity contribution >= 4 is 12.0 Å².